The Labute approximate surface area is 184 Å². The number of hydrogen-bond acceptors (Lipinski definition) is 6. The molecule has 2 heterocycles. The fraction of sp³-hybridized carbons (Fsp3) is 0.238. The number of H-pyrrole nitrogens is 1. The number of amides is 1. The lowest BCUT2D eigenvalue weighted by Crippen LogP contribution is -2.42. The first-order valence-corrected chi connectivity index (χ1v) is 9.45. The molecule has 3 rings (SSSR count). The Morgan fingerprint density at radius 2 is 1.91 bits per heavy atom. The van der Waals surface area contributed by atoms with Crippen molar-refractivity contribution in [3.63, 3.8) is 0 Å². The molecule has 0 spiro atoms. The third-order valence-electron chi connectivity index (χ3n) is 4.38. The van der Waals surface area contributed by atoms with Crippen molar-refractivity contribution in [1.82, 2.24) is 20.3 Å². The second-order valence-corrected chi connectivity index (χ2v) is 7.49. The van der Waals surface area contributed by atoms with Crippen LogP contribution >= 0.6 is 0 Å². The monoisotopic (exact) mass is 466 g/mol. The van der Waals surface area contributed by atoms with E-state index in [0.717, 1.165) is 18.2 Å². The summed E-state index contributed by atoms with van der Waals surface area (Å²) in [5.41, 5.74) is -2.38. The molecular weight excluding hydrogens is 448 g/mol. The zero-order chi connectivity index (χ0) is 24.4. The molecule has 1 aromatic carbocycles. The number of aliphatic hydroxyl groups is 1. The minimum atomic E-state index is -5.09. The van der Waals surface area contributed by atoms with Crippen LogP contribution in [0, 0.1) is 5.82 Å². The summed E-state index contributed by atoms with van der Waals surface area (Å²) in [6, 6.07) is 7.01. The molecule has 0 aliphatic rings. The van der Waals surface area contributed by atoms with E-state index in [1.54, 1.807) is 18.2 Å². The Kier molecular flexibility index (Phi) is 6.49. The predicted octanol–water partition coefficient (Wildman–Crippen LogP) is 3.11. The minimum absolute atomic E-state index is 0.0211. The molecule has 0 unspecified atom stereocenters. The molecule has 174 valence electrons. The molecule has 0 saturated heterocycles. The van der Waals surface area contributed by atoms with E-state index in [9.17, 15) is 32.3 Å². The van der Waals surface area contributed by atoms with E-state index < -0.39 is 41.0 Å². The van der Waals surface area contributed by atoms with Gasteiger partial charge in [0.2, 0.25) is 0 Å². The average Bonchev–Trinajstić information content (AvgIpc) is 2.72. The molecule has 0 fully saturated rings. The minimum Gasteiger partial charge on any atom is -0.403 e. The number of ether oxygens (including phenoxy) is 1. The van der Waals surface area contributed by atoms with E-state index in [0.29, 0.717) is 11.8 Å². The molecule has 12 heteroatoms. The Morgan fingerprint density at radius 1 is 1.18 bits per heavy atom. The third-order valence-corrected chi connectivity index (χ3v) is 4.38. The van der Waals surface area contributed by atoms with Gasteiger partial charge in [-0.1, -0.05) is 12.1 Å². The normalized spacial score (nSPS) is 12.8. The molecule has 0 aliphatic heterocycles. The number of pyridine rings is 1. The molecule has 3 N–H and O–H groups in total. The molecular formula is C21H18F4N4O4. The summed E-state index contributed by atoms with van der Waals surface area (Å²) >= 11 is 0. The molecule has 0 saturated carbocycles. The number of halogens is 4. The number of nitrogens with one attached hydrogen (secondary N) is 2. The van der Waals surface area contributed by atoms with E-state index >= 15 is 0 Å². The Hall–Kier alpha value is -3.80. The second-order valence-electron chi connectivity index (χ2n) is 7.49. The lowest BCUT2D eigenvalue weighted by atomic mass is 9.91. The van der Waals surface area contributed by atoms with Gasteiger partial charge in [0, 0.05) is 12.3 Å². The Bertz CT molecular complexity index is 1210. The summed E-state index contributed by atoms with van der Waals surface area (Å²) in [6.07, 6.45) is -3.63. The number of aromatic amines is 1. The van der Waals surface area contributed by atoms with Gasteiger partial charge in [0.1, 0.15) is 11.4 Å². The van der Waals surface area contributed by atoms with Crippen molar-refractivity contribution in [3.05, 3.63) is 76.1 Å². The van der Waals surface area contributed by atoms with Gasteiger partial charge in [-0.05, 0) is 43.7 Å². The molecule has 33 heavy (non-hydrogen) atoms. The zero-order valence-corrected chi connectivity index (χ0v) is 17.3. The first-order chi connectivity index (χ1) is 15.3. The van der Waals surface area contributed by atoms with Gasteiger partial charge in [0.25, 0.3) is 11.5 Å². The summed E-state index contributed by atoms with van der Waals surface area (Å²) in [5, 5.41) is 12.9. The van der Waals surface area contributed by atoms with Crippen LogP contribution < -0.4 is 15.6 Å². The lowest BCUT2D eigenvalue weighted by molar-refractivity contribution is -0.275. The maximum atomic E-state index is 14.2. The first-order valence-electron chi connectivity index (χ1n) is 9.45. The van der Waals surface area contributed by atoms with Gasteiger partial charge < -0.3 is 20.1 Å². The lowest BCUT2D eigenvalue weighted by Gasteiger charge is -2.30. The molecule has 3 aromatic rings. The average molecular weight is 466 g/mol. The topological polar surface area (TPSA) is 117 Å². The van der Waals surface area contributed by atoms with E-state index in [-0.39, 0.29) is 17.1 Å². The van der Waals surface area contributed by atoms with Crippen molar-refractivity contribution in [1.29, 1.82) is 0 Å². The second kappa shape index (κ2) is 8.98. The molecule has 0 radical (unpaired) electrons. The van der Waals surface area contributed by atoms with Crippen LogP contribution in [0.2, 0.25) is 0 Å². The van der Waals surface area contributed by atoms with Crippen LogP contribution in [0.3, 0.4) is 0 Å². The van der Waals surface area contributed by atoms with Crippen LogP contribution in [0.5, 0.6) is 5.75 Å². The standard InChI is InChI=1S/C21H18F4N4O4/c1-20(2,32)17(11-6-7-15(12(22)9-11)33-21(23,24)25)29-19(31)14-10-16(30)28-18(27-14)13-5-3-4-8-26-13/h3-10,17,32H,1-2H3,(H,29,31)(H,27,28,30)/t17-/m0/s1. The molecule has 1 amide bonds. The van der Waals surface area contributed by atoms with Crippen molar-refractivity contribution in [2.24, 2.45) is 0 Å². The summed E-state index contributed by atoms with van der Waals surface area (Å²) in [6.45, 7) is 2.61. The van der Waals surface area contributed by atoms with Crippen molar-refractivity contribution in [3.8, 4) is 17.3 Å². The van der Waals surface area contributed by atoms with Crippen LogP contribution in [0.25, 0.3) is 11.5 Å². The molecule has 0 aliphatic carbocycles. The largest absolute Gasteiger partial charge is 0.573 e. The number of alkyl halides is 3. The fourth-order valence-electron chi connectivity index (χ4n) is 2.98. The summed E-state index contributed by atoms with van der Waals surface area (Å²) in [7, 11) is 0. The fourth-order valence-corrected chi connectivity index (χ4v) is 2.98. The highest BCUT2D eigenvalue weighted by atomic mass is 19.4. The maximum Gasteiger partial charge on any atom is 0.573 e. The van der Waals surface area contributed by atoms with Crippen molar-refractivity contribution < 1.29 is 32.2 Å². The maximum absolute atomic E-state index is 14.2. The van der Waals surface area contributed by atoms with Crippen molar-refractivity contribution in [2.45, 2.75) is 31.9 Å². The van der Waals surface area contributed by atoms with E-state index in [1.165, 1.54) is 20.0 Å². The highest BCUT2D eigenvalue weighted by Crippen LogP contribution is 2.31. The quantitative estimate of drug-likeness (QED) is 0.481. The van der Waals surface area contributed by atoms with E-state index in [2.05, 4.69) is 25.0 Å². The predicted molar refractivity (Wildman–Crippen MR) is 108 cm³/mol. The summed E-state index contributed by atoms with van der Waals surface area (Å²) in [5.74, 6) is -3.28. The zero-order valence-electron chi connectivity index (χ0n) is 17.3. The Morgan fingerprint density at radius 3 is 2.48 bits per heavy atom. The van der Waals surface area contributed by atoms with Crippen LogP contribution in [-0.4, -0.2) is 37.9 Å². The first kappa shape index (κ1) is 23.9. The summed E-state index contributed by atoms with van der Waals surface area (Å²) in [4.78, 5) is 35.4. The Balaban J connectivity index is 1.92. The summed E-state index contributed by atoms with van der Waals surface area (Å²) < 4.78 is 55.0. The molecule has 2 aromatic heterocycles. The van der Waals surface area contributed by atoms with E-state index in [1.807, 2.05) is 0 Å². The van der Waals surface area contributed by atoms with Crippen LogP contribution in [0.4, 0.5) is 17.6 Å². The number of nitrogens with zero attached hydrogens (tertiary/aromatic N) is 2. The van der Waals surface area contributed by atoms with Crippen LogP contribution in [-0.2, 0) is 0 Å². The van der Waals surface area contributed by atoms with Gasteiger partial charge in [0.15, 0.2) is 17.4 Å². The van der Waals surface area contributed by atoms with Gasteiger partial charge in [0.05, 0.1) is 11.6 Å². The number of carbonyl (C=O) groups is 1. The van der Waals surface area contributed by atoms with Crippen LogP contribution in [0.1, 0.15) is 35.9 Å². The molecule has 8 nitrogen and oxygen atoms in total. The van der Waals surface area contributed by atoms with Gasteiger partial charge in [-0.3, -0.25) is 14.6 Å². The third kappa shape index (κ3) is 6.13. The SMILES string of the molecule is CC(C)(O)[C@@H](NC(=O)c1cc(=O)[nH]c(-c2ccccn2)n1)c1ccc(OC(F)(F)F)c(F)c1. The van der Waals surface area contributed by atoms with E-state index in [4.69, 9.17) is 0 Å². The van der Waals surface area contributed by atoms with Gasteiger partial charge in [-0.2, -0.15) is 0 Å². The van der Waals surface area contributed by atoms with Crippen molar-refractivity contribution in [2.75, 3.05) is 0 Å². The number of aromatic nitrogens is 3. The van der Waals surface area contributed by atoms with Crippen molar-refractivity contribution >= 4 is 5.91 Å². The highest BCUT2D eigenvalue weighted by molar-refractivity contribution is 5.92. The van der Waals surface area contributed by atoms with Gasteiger partial charge in [-0.25, -0.2) is 9.37 Å². The van der Waals surface area contributed by atoms with Gasteiger partial charge in [-0.15, -0.1) is 13.2 Å². The highest BCUT2D eigenvalue weighted by Gasteiger charge is 2.34. The van der Waals surface area contributed by atoms with Crippen LogP contribution in [0.15, 0.2) is 53.5 Å². The molecule has 0 bridgehead atoms. The smallest absolute Gasteiger partial charge is 0.403 e. The molecule has 1 atom stereocenters. The number of hydrogen-bond donors (Lipinski definition) is 3. The number of benzene rings is 1. The number of rotatable bonds is 6. The van der Waals surface area contributed by atoms with Gasteiger partial charge >= 0.3 is 6.36 Å². The number of carbonyl (C=O) groups excluding carboxylic acids is 1.